The van der Waals surface area contributed by atoms with Gasteiger partial charge < -0.3 is 10.6 Å². The van der Waals surface area contributed by atoms with Gasteiger partial charge in [-0.3, -0.25) is 4.79 Å². The molecule has 6 heteroatoms. The van der Waals surface area contributed by atoms with E-state index in [0.717, 1.165) is 22.3 Å². The highest BCUT2D eigenvalue weighted by Crippen LogP contribution is 2.20. The summed E-state index contributed by atoms with van der Waals surface area (Å²) in [6, 6.07) is 5.75. The van der Waals surface area contributed by atoms with Crippen molar-refractivity contribution in [1.82, 2.24) is 15.3 Å². The Morgan fingerprint density at radius 1 is 1.45 bits per heavy atom. The van der Waals surface area contributed by atoms with Gasteiger partial charge in [0.1, 0.15) is 5.82 Å². The molecule has 0 atom stereocenters. The van der Waals surface area contributed by atoms with Crippen LogP contribution >= 0.6 is 11.3 Å². The molecule has 0 unspecified atom stereocenters. The molecule has 104 valence electrons. The fraction of sp³-hybridized carbons (Fsp3) is 0.214. The summed E-state index contributed by atoms with van der Waals surface area (Å²) in [5, 5.41) is 8.45. The normalized spacial score (nSPS) is 10.1. The van der Waals surface area contributed by atoms with Crippen molar-refractivity contribution in [2.45, 2.75) is 13.3 Å². The van der Waals surface area contributed by atoms with Crippen LogP contribution in [-0.4, -0.2) is 22.4 Å². The highest BCUT2D eigenvalue weighted by atomic mass is 32.1. The molecule has 5 nitrogen and oxygen atoms in total. The molecule has 0 aromatic carbocycles. The third-order valence-electron chi connectivity index (χ3n) is 2.46. The largest absolute Gasteiger partial charge is 0.352 e. The van der Waals surface area contributed by atoms with Gasteiger partial charge in [-0.15, -0.1) is 17.9 Å². The smallest absolute Gasteiger partial charge is 0.226 e. The summed E-state index contributed by atoms with van der Waals surface area (Å²) in [4.78, 5) is 20.3. The van der Waals surface area contributed by atoms with Crippen LogP contribution < -0.4 is 10.6 Å². The summed E-state index contributed by atoms with van der Waals surface area (Å²) in [5.74, 6) is 0.692. The maximum absolute atomic E-state index is 11.6. The summed E-state index contributed by atoms with van der Waals surface area (Å²) >= 11 is 1.45. The van der Waals surface area contributed by atoms with E-state index in [1.54, 1.807) is 6.08 Å². The Morgan fingerprint density at radius 2 is 2.30 bits per heavy atom. The van der Waals surface area contributed by atoms with E-state index >= 15 is 0 Å². The van der Waals surface area contributed by atoms with E-state index in [9.17, 15) is 4.79 Å². The molecule has 20 heavy (non-hydrogen) atoms. The highest BCUT2D eigenvalue weighted by molar-refractivity contribution is 7.13. The van der Waals surface area contributed by atoms with Crippen LogP contribution in [0.2, 0.25) is 0 Å². The molecule has 0 spiro atoms. The fourth-order valence-electron chi connectivity index (χ4n) is 1.58. The number of anilines is 2. The Bertz CT molecular complexity index is 609. The molecule has 0 aliphatic heterocycles. The number of nitrogens with zero attached hydrogens (tertiary/aromatic N) is 2. The van der Waals surface area contributed by atoms with Crippen molar-refractivity contribution in [3.8, 4) is 0 Å². The predicted octanol–water partition coefficient (Wildman–Crippen LogP) is 2.43. The molecule has 2 aromatic rings. The first-order chi connectivity index (χ1) is 9.67. The number of aromatic nitrogens is 2. The summed E-state index contributed by atoms with van der Waals surface area (Å²) in [6.07, 6.45) is 1.92. The number of carbonyl (C=O) groups is 1. The molecule has 2 rings (SSSR count). The molecule has 0 saturated heterocycles. The van der Waals surface area contributed by atoms with E-state index in [4.69, 9.17) is 0 Å². The van der Waals surface area contributed by atoms with Crippen LogP contribution in [0.4, 0.5) is 10.9 Å². The van der Waals surface area contributed by atoms with Crippen LogP contribution in [-0.2, 0) is 11.2 Å². The summed E-state index contributed by atoms with van der Waals surface area (Å²) in [5.41, 5.74) is 1.68. The lowest BCUT2D eigenvalue weighted by Gasteiger charge is -2.02. The van der Waals surface area contributed by atoms with E-state index in [2.05, 4.69) is 27.2 Å². The number of hydrogen-bond donors (Lipinski definition) is 2. The maximum Gasteiger partial charge on any atom is 0.226 e. The van der Waals surface area contributed by atoms with Crippen LogP contribution in [0.25, 0.3) is 0 Å². The van der Waals surface area contributed by atoms with Crippen molar-refractivity contribution in [3.63, 3.8) is 0 Å². The maximum atomic E-state index is 11.6. The number of amides is 1. The SMILES string of the molecule is C=CCNC(=O)Cc1csc(Nc2cccc(C)n2)n1. The van der Waals surface area contributed by atoms with E-state index in [0.29, 0.717) is 6.54 Å². The minimum absolute atomic E-state index is 0.0598. The van der Waals surface area contributed by atoms with Gasteiger partial charge in [0.05, 0.1) is 12.1 Å². The van der Waals surface area contributed by atoms with Crippen molar-refractivity contribution in [2.24, 2.45) is 0 Å². The number of carbonyl (C=O) groups excluding carboxylic acids is 1. The molecule has 2 N–H and O–H groups in total. The minimum atomic E-state index is -0.0598. The predicted molar refractivity (Wildman–Crippen MR) is 81.3 cm³/mol. The second kappa shape index (κ2) is 6.81. The zero-order chi connectivity index (χ0) is 14.4. The van der Waals surface area contributed by atoms with Crippen LogP contribution in [0.15, 0.2) is 36.2 Å². The van der Waals surface area contributed by atoms with Gasteiger partial charge in [0.2, 0.25) is 5.91 Å². The van der Waals surface area contributed by atoms with Gasteiger partial charge in [-0.1, -0.05) is 12.1 Å². The second-order valence-corrected chi connectivity index (χ2v) is 5.06. The molecule has 0 aliphatic rings. The molecule has 0 aliphatic carbocycles. The van der Waals surface area contributed by atoms with Gasteiger partial charge in [0.15, 0.2) is 5.13 Å². The Kier molecular flexibility index (Phi) is 4.84. The average Bonchev–Trinajstić information content (AvgIpc) is 2.83. The Morgan fingerprint density at radius 3 is 3.05 bits per heavy atom. The van der Waals surface area contributed by atoms with Gasteiger partial charge in [0.25, 0.3) is 0 Å². The Hall–Kier alpha value is -2.21. The number of thiazole rings is 1. The number of pyridine rings is 1. The van der Waals surface area contributed by atoms with E-state index in [1.807, 2.05) is 30.5 Å². The number of aryl methyl sites for hydroxylation is 1. The summed E-state index contributed by atoms with van der Waals surface area (Å²) in [6.45, 7) is 5.96. The fourth-order valence-corrected chi connectivity index (χ4v) is 2.30. The first-order valence-electron chi connectivity index (χ1n) is 6.20. The standard InChI is InChI=1S/C14H16N4OS/c1-3-7-15-13(19)8-11-9-20-14(17-11)18-12-6-4-5-10(2)16-12/h3-6,9H,1,7-8H2,2H3,(H,15,19)(H,16,17,18). The summed E-state index contributed by atoms with van der Waals surface area (Å²) in [7, 11) is 0. The lowest BCUT2D eigenvalue weighted by Crippen LogP contribution is -2.25. The van der Waals surface area contributed by atoms with Crippen LogP contribution in [0, 0.1) is 6.92 Å². The molecular formula is C14H16N4OS. The molecule has 0 bridgehead atoms. The zero-order valence-corrected chi connectivity index (χ0v) is 12.0. The monoisotopic (exact) mass is 288 g/mol. The van der Waals surface area contributed by atoms with Crippen LogP contribution in [0.5, 0.6) is 0 Å². The first kappa shape index (κ1) is 14.2. The molecular weight excluding hydrogens is 272 g/mol. The van der Waals surface area contributed by atoms with E-state index in [1.165, 1.54) is 11.3 Å². The topological polar surface area (TPSA) is 66.9 Å². The van der Waals surface area contributed by atoms with Gasteiger partial charge >= 0.3 is 0 Å². The lowest BCUT2D eigenvalue weighted by atomic mass is 10.3. The molecule has 2 aromatic heterocycles. The van der Waals surface area contributed by atoms with Gasteiger partial charge in [-0.2, -0.15) is 0 Å². The van der Waals surface area contributed by atoms with Crippen molar-refractivity contribution in [3.05, 3.63) is 47.6 Å². The van der Waals surface area contributed by atoms with Crippen molar-refractivity contribution in [1.29, 1.82) is 0 Å². The summed E-state index contributed by atoms with van der Waals surface area (Å²) < 4.78 is 0. The van der Waals surface area contributed by atoms with Crippen molar-refractivity contribution < 1.29 is 4.79 Å². The molecule has 0 radical (unpaired) electrons. The Labute approximate surface area is 121 Å². The average molecular weight is 288 g/mol. The Balaban J connectivity index is 1.95. The first-order valence-corrected chi connectivity index (χ1v) is 7.08. The number of hydrogen-bond acceptors (Lipinski definition) is 5. The number of rotatable bonds is 6. The zero-order valence-electron chi connectivity index (χ0n) is 11.2. The van der Waals surface area contributed by atoms with E-state index < -0.39 is 0 Å². The van der Waals surface area contributed by atoms with Gasteiger partial charge in [-0.05, 0) is 19.1 Å². The van der Waals surface area contributed by atoms with E-state index in [-0.39, 0.29) is 12.3 Å². The third-order valence-corrected chi connectivity index (χ3v) is 3.27. The van der Waals surface area contributed by atoms with Gasteiger partial charge in [0, 0.05) is 17.6 Å². The molecule has 2 heterocycles. The van der Waals surface area contributed by atoms with Crippen molar-refractivity contribution in [2.75, 3.05) is 11.9 Å². The molecule has 1 amide bonds. The van der Waals surface area contributed by atoms with Gasteiger partial charge in [-0.25, -0.2) is 9.97 Å². The molecule has 0 saturated carbocycles. The second-order valence-electron chi connectivity index (χ2n) is 4.20. The van der Waals surface area contributed by atoms with Crippen LogP contribution in [0.1, 0.15) is 11.4 Å². The quantitative estimate of drug-likeness (QED) is 0.801. The lowest BCUT2D eigenvalue weighted by molar-refractivity contribution is -0.120. The highest BCUT2D eigenvalue weighted by Gasteiger charge is 2.07. The minimum Gasteiger partial charge on any atom is -0.352 e. The van der Waals surface area contributed by atoms with Crippen molar-refractivity contribution >= 4 is 28.2 Å². The van der Waals surface area contributed by atoms with Crippen LogP contribution in [0.3, 0.4) is 0 Å². The third kappa shape index (κ3) is 4.17. The molecule has 0 fully saturated rings. The number of nitrogens with one attached hydrogen (secondary N) is 2.